The molecule has 3 heterocycles. The molecule has 3 aromatic rings. The second-order valence-electron chi connectivity index (χ2n) is 7.28. The Balaban J connectivity index is 2.01. The highest BCUT2D eigenvalue weighted by Gasteiger charge is 2.53. The van der Waals surface area contributed by atoms with Gasteiger partial charge >= 0.3 is 12.7 Å². The first-order chi connectivity index (χ1) is 11.8. The number of fused-ring (bicyclic) bond motifs is 1. The van der Waals surface area contributed by atoms with Crippen LogP contribution in [0.3, 0.4) is 0 Å². The maximum atomic E-state index is 12.5. The van der Waals surface area contributed by atoms with Gasteiger partial charge in [-0.3, -0.25) is 0 Å². The van der Waals surface area contributed by atoms with Crippen molar-refractivity contribution in [3.8, 4) is 11.3 Å². The lowest BCUT2D eigenvalue weighted by molar-refractivity contribution is 0.00578. The minimum absolute atomic E-state index is 0.350. The Bertz CT molecular complexity index is 972. The normalized spacial score (nSPS) is 18.8. The van der Waals surface area contributed by atoms with Gasteiger partial charge in [-0.05, 0) is 50.6 Å². The Morgan fingerprint density at radius 2 is 1.60 bits per heavy atom. The molecule has 1 aliphatic heterocycles. The molecule has 0 saturated carbocycles. The summed E-state index contributed by atoms with van der Waals surface area (Å²) in [4.78, 5) is 12.5. The van der Waals surface area contributed by atoms with Crippen molar-refractivity contribution in [1.82, 2.24) is 0 Å². The molecule has 6 heteroatoms. The lowest BCUT2D eigenvalue weighted by Crippen LogP contribution is -2.41. The third kappa shape index (κ3) is 2.56. The average Bonchev–Trinajstić information content (AvgIpc) is 3.14. The largest absolute Gasteiger partial charge is 0.499 e. The fourth-order valence-corrected chi connectivity index (χ4v) is 3.66. The highest BCUT2D eigenvalue weighted by molar-refractivity contribution is 7.08. The van der Waals surface area contributed by atoms with Crippen molar-refractivity contribution in [1.29, 1.82) is 0 Å². The van der Waals surface area contributed by atoms with Crippen LogP contribution in [0.2, 0.25) is 0 Å². The molecular formula is C19H19BO4S. The second kappa shape index (κ2) is 5.56. The van der Waals surface area contributed by atoms with E-state index < -0.39 is 18.3 Å². The predicted molar refractivity (Wildman–Crippen MR) is 102 cm³/mol. The van der Waals surface area contributed by atoms with E-state index in [1.807, 2.05) is 62.7 Å². The topological polar surface area (TPSA) is 48.7 Å². The van der Waals surface area contributed by atoms with Gasteiger partial charge in [0.05, 0.1) is 16.6 Å². The Morgan fingerprint density at radius 1 is 0.960 bits per heavy atom. The molecule has 0 bridgehead atoms. The first-order valence-corrected chi connectivity index (χ1v) is 9.18. The van der Waals surface area contributed by atoms with Crippen molar-refractivity contribution >= 4 is 34.7 Å². The van der Waals surface area contributed by atoms with E-state index in [1.54, 1.807) is 17.4 Å². The van der Waals surface area contributed by atoms with Crippen molar-refractivity contribution in [3.05, 3.63) is 51.5 Å². The van der Waals surface area contributed by atoms with E-state index in [4.69, 9.17) is 13.7 Å². The molecule has 0 spiro atoms. The van der Waals surface area contributed by atoms with Gasteiger partial charge in [-0.25, -0.2) is 4.79 Å². The van der Waals surface area contributed by atoms with Crippen LogP contribution < -0.4 is 11.1 Å². The van der Waals surface area contributed by atoms with Crippen LogP contribution in [0, 0.1) is 0 Å². The summed E-state index contributed by atoms with van der Waals surface area (Å²) in [6, 6.07) is 9.37. The molecule has 2 aromatic heterocycles. The molecular weight excluding hydrogens is 335 g/mol. The summed E-state index contributed by atoms with van der Waals surface area (Å²) in [5, 5.41) is 5.25. The summed E-state index contributed by atoms with van der Waals surface area (Å²) in [6.45, 7) is 8.05. The van der Waals surface area contributed by atoms with Gasteiger partial charge in [0.1, 0.15) is 5.76 Å². The molecule has 1 aromatic carbocycles. The van der Waals surface area contributed by atoms with Gasteiger partial charge in [-0.15, -0.1) is 0 Å². The Morgan fingerprint density at radius 3 is 2.20 bits per heavy atom. The molecule has 25 heavy (non-hydrogen) atoms. The molecule has 0 amide bonds. The maximum Gasteiger partial charge on any atom is 0.499 e. The summed E-state index contributed by atoms with van der Waals surface area (Å²) in [5.74, 6) is 0.517. The maximum absolute atomic E-state index is 12.5. The molecule has 0 radical (unpaired) electrons. The number of rotatable bonds is 2. The van der Waals surface area contributed by atoms with Crippen LogP contribution in [-0.2, 0) is 9.31 Å². The summed E-state index contributed by atoms with van der Waals surface area (Å²) >= 11 is 1.55. The van der Waals surface area contributed by atoms with E-state index in [0.717, 1.165) is 16.4 Å². The van der Waals surface area contributed by atoms with Crippen molar-refractivity contribution in [2.45, 2.75) is 38.9 Å². The Labute approximate surface area is 150 Å². The van der Waals surface area contributed by atoms with Crippen molar-refractivity contribution in [3.63, 3.8) is 0 Å². The molecule has 0 unspecified atom stereocenters. The first kappa shape index (κ1) is 16.6. The van der Waals surface area contributed by atoms with Gasteiger partial charge < -0.3 is 13.7 Å². The van der Waals surface area contributed by atoms with E-state index >= 15 is 0 Å². The second-order valence-corrected chi connectivity index (χ2v) is 8.06. The van der Waals surface area contributed by atoms with Crippen LogP contribution in [0.5, 0.6) is 0 Å². The smallest absolute Gasteiger partial charge is 0.423 e. The standard InChI is InChI=1S/C19H19BO4S/c1-18(2)19(3,4)24-20(23-18)15-13-7-5-6-8-14(13)17(21)22-16(15)12-9-10-25-11-12/h5-11H,1-4H3. The number of benzene rings is 1. The van der Waals surface area contributed by atoms with Gasteiger partial charge in [0.2, 0.25) is 0 Å². The fourth-order valence-electron chi connectivity index (χ4n) is 3.02. The minimum Gasteiger partial charge on any atom is -0.423 e. The van der Waals surface area contributed by atoms with Crippen LogP contribution in [0.1, 0.15) is 27.7 Å². The van der Waals surface area contributed by atoms with Gasteiger partial charge in [0.15, 0.2) is 0 Å². The monoisotopic (exact) mass is 354 g/mol. The molecule has 1 aliphatic rings. The van der Waals surface area contributed by atoms with Crippen molar-refractivity contribution < 1.29 is 13.7 Å². The Kier molecular flexibility index (Phi) is 3.69. The molecule has 1 saturated heterocycles. The lowest BCUT2D eigenvalue weighted by atomic mass is 9.74. The zero-order valence-corrected chi connectivity index (χ0v) is 15.5. The highest BCUT2D eigenvalue weighted by Crippen LogP contribution is 2.38. The molecule has 0 atom stereocenters. The summed E-state index contributed by atoms with van der Waals surface area (Å²) in [6.07, 6.45) is 0. The van der Waals surface area contributed by atoms with E-state index in [9.17, 15) is 4.79 Å². The van der Waals surface area contributed by atoms with Crippen molar-refractivity contribution in [2.24, 2.45) is 0 Å². The summed E-state index contributed by atoms with van der Waals surface area (Å²) < 4.78 is 18.2. The third-order valence-corrected chi connectivity index (χ3v) is 5.83. The molecule has 4 rings (SSSR count). The van der Waals surface area contributed by atoms with E-state index in [2.05, 4.69) is 0 Å². The SMILES string of the molecule is CC1(C)OB(c2c(-c3ccsc3)oc(=O)c3ccccc23)OC1(C)C. The molecule has 4 nitrogen and oxygen atoms in total. The van der Waals surface area contributed by atoms with E-state index in [0.29, 0.717) is 11.1 Å². The van der Waals surface area contributed by atoms with Crippen LogP contribution in [-0.4, -0.2) is 18.3 Å². The number of hydrogen-bond acceptors (Lipinski definition) is 5. The third-order valence-electron chi connectivity index (χ3n) is 5.15. The van der Waals surface area contributed by atoms with Crippen molar-refractivity contribution in [2.75, 3.05) is 0 Å². The molecule has 0 N–H and O–H groups in total. The first-order valence-electron chi connectivity index (χ1n) is 8.24. The number of thiophene rings is 1. The number of hydrogen-bond donors (Lipinski definition) is 0. The van der Waals surface area contributed by atoms with Crippen LogP contribution in [0.25, 0.3) is 22.1 Å². The lowest BCUT2D eigenvalue weighted by Gasteiger charge is -2.32. The quantitative estimate of drug-likeness (QED) is 0.657. The molecule has 128 valence electrons. The molecule has 0 aliphatic carbocycles. The van der Waals surface area contributed by atoms with E-state index in [1.165, 1.54) is 0 Å². The minimum atomic E-state index is -0.603. The average molecular weight is 354 g/mol. The summed E-state index contributed by atoms with van der Waals surface area (Å²) in [7, 11) is -0.603. The molecule has 1 fully saturated rings. The van der Waals surface area contributed by atoms with Gasteiger partial charge in [-0.1, -0.05) is 18.2 Å². The van der Waals surface area contributed by atoms with Gasteiger partial charge in [-0.2, -0.15) is 11.3 Å². The van der Waals surface area contributed by atoms with Crippen LogP contribution in [0.4, 0.5) is 0 Å². The van der Waals surface area contributed by atoms with Crippen LogP contribution in [0.15, 0.2) is 50.3 Å². The fraction of sp³-hybridized carbons (Fsp3) is 0.316. The van der Waals surface area contributed by atoms with Crippen LogP contribution >= 0.6 is 11.3 Å². The zero-order chi connectivity index (χ0) is 17.8. The van der Waals surface area contributed by atoms with E-state index in [-0.39, 0.29) is 5.63 Å². The Hall–Kier alpha value is -1.89. The van der Waals surface area contributed by atoms with Gasteiger partial charge in [0.25, 0.3) is 0 Å². The summed E-state index contributed by atoms with van der Waals surface area (Å²) in [5.41, 5.74) is 0.337. The predicted octanol–water partition coefficient (Wildman–Crippen LogP) is 3.82. The van der Waals surface area contributed by atoms with Gasteiger partial charge in [0, 0.05) is 16.4 Å². The zero-order valence-electron chi connectivity index (χ0n) is 14.7. The highest BCUT2D eigenvalue weighted by atomic mass is 32.1.